The summed E-state index contributed by atoms with van der Waals surface area (Å²) in [5, 5.41) is 22.8. The lowest BCUT2D eigenvalue weighted by atomic mass is 9.96. The van der Waals surface area contributed by atoms with E-state index in [2.05, 4.69) is 4.98 Å². The van der Waals surface area contributed by atoms with E-state index in [4.69, 9.17) is 0 Å². The van der Waals surface area contributed by atoms with E-state index in [0.717, 1.165) is 30.4 Å². The van der Waals surface area contributed by atoms with Gasteiger partial charge in [-0.2, -0.15) is 0 Å². The number of benzene rings is 2. The number of aryl methyl sites for hydroxylation is 1. The van der Waals surface area contributed by atoms with Crippen LogP contribution in [0.3, 0.4) is 0 Å². The first-order valence-electron chi connectivity index (χ1n) is 10.8. The quantitative estimate of drug-likeness (QED) is 0.499. The molecule has 0 radical (unpaired) electrons. The summed E-state index contributed by atoms with van der Waals surface area (Å²) in [5.74, 6) is -0.664. The van der Waals surface area contributed by atoms with Crippen molar-refractivity contribution in [2.24, 2.45) is 7.05 Å². The minimum Gasteiger partial charge on any atom is -0.505 e. The molecule has 6 nitrogen and oxygen atoms in total. The monoisotopic (exact) mass is 433 g/mol. The SMILES string of the molecule is Cn1cc2c(C(=O)N3CCCCC3)c3cc(Cc4ccc(F)cc4)cnc3c(O)c2c1O. The van der Waals surface area contributed by atoms with Gasteiger partial charge in [-0.25, -0.2) is 4.39 Å². The van der Waals surface area contributed by atoms with Gasteiger partial charge in [0.1, 0.15) is 11.3 Å². The molecule has 1 aliphatic heterocycles. The minimum atomic E-state index is -0.295. The van der Waals surface area contributed by atoms with E-state index in [1.165, 1.54) is 16.7 Å². The lowest BCUT2D eigenvalue weighted by Gasteiger charge is -2.27. The Morgan fingerprint density at radius 2 is 1.78 bits per heavy atom. The second kappa shape index (κ2) is 7.82. The van der Waals surface area contributed by atoms with Gasteiger partial charge in [-0.1, -0.05) is 12.1 Å². The largest absolute Gasteiger partial charge is 0.505 e. The average Bonchev–Trinajstić information content (AvgIpc) is 3.10. The smallest absolute Gasteiger partial charge is 0.255 e. The van der Waals surface area contributed by atoms with E-state index in [1.807, 2.05) is 11.0 Å². The number of likely N-dealkylation sites (tertiary alicyclic amines) is 1. The van der Waals surface area contributed by atoms with Gasteiger partial charge in [0.2, 0.25) is 5.88 Å². The summed E-state index contributed by atoms with van der Waals surface area (Å²) in [4.78, 5) is 20.0. The van der Waals surface area contributed by atoms with Gasteiger partial charge in [0.05, 0.1) is 10.9 Å². The van der Waals surface area contributed by atoms with Crippen molar-refractivity contribution in [3.05, 3.63) is 65.2 Å². The second-order valence-corrected chi connectivity index (χ2v) is 8.47. The van der Waals surface area contributed by atoms with Crippen LogP contribution in [0.15, 0.2) is 42.7 Å². The summed E-state index contributed by atoms with van der Waals surface area (Å²) < 4.78 is 14.8. The molecule has 1 fully saturated rings. The van der Waals surface area contributed by atoms with Crippen LogP contribution in [0.4, 0.5) is 4.39 Å². The third kappa shape index (κ3) is 3.34. The fourth-order valence-electron chi connectivity index (χ4n) is 4.61. The predicted octanol–water partition coefficient (Wildman–Crippen LogP) is 4.49. The first kappa shape index (κ1) is 20.3. The summed E-state index contributed by atoms with van der Waals surface area (Å²) in [5.41, 5.74) is 2.48. The summed E-state index contributed by atoms with van der Waals surface area (Å²) in [7, 11) is 1.67. The average molecular weight is 433 g/mol. The summed E-state index contributed by atoms with van der Waals surface area (Å²) in [6.45, 7) is 1.37. The molecule has 0 unspecified atom stereocenters. The van der Waals surface area contributed by atoms with Gasteiger partial charge < -0.3 is 19.7 Å². The number of halogens is 1. The molecule has 0 bridgehead atoms. The van der Waals surface area contributed by atoms with Crippen molar-refractivity contribution in [2.45, 2.75) is 25.7 Å². The standard InChI is InChI=1S/C25H24FN3O3/c1-28-14-19-20(25(32)29-9-3-2-4-10-29)18-12-16(11-15-5-7-17(26)8-6-15)13-27-22(18)23(30)21(19)24(28)31/h5-8,12-14,30-31H,2-4,9-11H2,1H3. The first-order valence-corrected chi connectivity index (χ1v) is 10.8. The topological polar surface area (TPSA) is 78.6 Å². The molecular formula is C25H24FN3O3. The second-order valence-electron chi connectivity index (χ2n) is 8.47. The van der Waals surface area contributed by atoms with Crippen molar-refractivity contribution in [2.75, 3.05) is 13.1 Å². The van der Waals surface area contributed by atoms with E-state index in [9.17, 15) is 19.4 Å². The highest BCUT2D eigenvalue weighted by atomic mass is 19.1. The highest BCUT2D eigenvalue weighted by molar-refractivity contribution is 6.21. The maximum Gasteiger partial charge on any atom is 0.255 e. The molecule has 1 amide bonds. The van der Waals surface area contributed by atoms with Crippen LogP contribution < -0.4 is 0 Å². The molecule has 5 rings (SSSR count). The molecule has 0 aliphatic carbocycles. The number of phenols is 1. The van der Waals surface area contributed by atoms with E-state index in [-0.39, 0.29) is 34.3 Å². The van der Waals surface area contributed by atoms with Crippen LogP contribution in [0.1, 0.15) is 40.7 Å². The maximum absolute atomic E-state index is 13.7. The van der Waals surface area contributed by atoms with Crippen molar-refractivity contribution < 1.29 is 19.4 Å². The Morgan fingerprint density at radius 1 is 1.06 bits per heavy atom. The fourth-order valence-corrected chi connectivity index (χ4v) is 4.61. The van der Waals surface area contributed by atoms with E-state index >= 15 is 0 Å². The molecule has 1 saturated heterocycles. The van der Waals surface area contributed by atoms with Crippen molar-refractivity contribution >= 4 is 27.6 Å². The van der Waals surface area contributed by atoms with Gasteiger partial charge >= 0.3 is 0 Å². The van der Waals surface area contributed by atoms with Crippen LogP contribution in [-0.4, -0.2) is 43.7 Å². The van der Waals surface area contributed by atoms with E-state index < -0.39 is 0 Å². The van der Waals surface area contributed by atoms with Gasteiger partial charge in [-0.15, -0.1) is 0 Å². The van der Waals surface area contributed by atoms with Gasteiger partial charge in [0.25, 0.3) is 5.91 Å². The number of aromatic nitrogens is 2. The van der Waals surface area contributed by atoms with Gasteiger partial charge in [0, 0.05) is 43.3 Å². The number of hydrogen-bond donors (Lipinski definition) is 2. The number of amides is 1. The molecular weight excluding hydrogens is 409 g/mol. The van der Waals surface area contributed by atoms with E-state index in [1.54, 1.807) is 31.6 Å². The number of carbonyl (C=O) groups is 1. The number of hydrogen-bond acceptors (Lipinski definition) is 4. The molecule has 3 heterocycles. The van der Waals surface area contributed by atoms with Gasteiger partial charge in [-0.3, -0.25) is 9.78 Å². The lowest BCUT2D eigenvalue weighted by molar-refractivity contribution is 0.0728. The van der Waals surface area contributed by atoms with Crippen LogP contribution in [0.5, 0.6) is 11.6 Å². The molecule has 32 heavy (non-hydrogen) atoms. The number of aromatic hydroxyl groups is 2. The lowest BCUT2D eigenvalue weighted by Crippen LogP contribution is -2.35. The number of carbonyl (C=O) groups excluding carboxylic acids is 1. The molecule has 2 N–H and O–H groups in total. The molecule has 0 atom stereocenters. The number of nitrogens with zero attached hydrogens (tertiary/aromatic N) is 3. The van der Waals surface area contributed by atoms with Crippen LogP contribution in [0.2, 0.25) is 0 Å². The molecule has 7 heteroatoms. The van der Waals surface area contributed by atoms with Crippen LogP contribution in [0, 0.1) is 5.82 Å². The molecule has 1 aliphatic rings. The zero-order valence-corrected chi connectivity index (χ0v) is 17.8. The third-order valence-electron chi connectivity index (χ3n) is 6.27. The molecule has 0 saturated carbocycles. The fraction of sp³-hybridized carbons (Fsp3) is 0.280. The number of fused-ring (bicyclic) bond motifs is 2. The van der Waals surface area contributed by atoms with E-state index in [0.29, 0.717) is 35.8 Å². The predicted molar refractivity (Wildman–Crippen MR) is 121 cm³/mol. The Morgan fingerprint density at radius 3 is 2.50 bits per heavy atom. The molecule has 2 aromatic heterocycles. The van der Waals surface area contributed by atoms with Gasteiger partial charge in [0.15, 0.2) is 5.75 Å². The first-order chi connectivity index (χ1) is 15.4. The van der Waals surface area contributed by atoms with Crippen molar-refractivity contribution in [3.63, 3.8) is 0 Å². The van der Waals surface area contributed by atoms with Crippen LogP contribution >= 0.6 is 0 Å². The Hall–Kier alpha value is -3.61. The molecule has 2 aromatic carbocycles. The molecule has 4 aromatic rings. The Balaban J connectivity index is 1.72. The summed E-state index contributed by atoms with van der Waals surface area (Å²) >= 11 is 0. The maximum atomic E-state index is 13.7. The summed E-state index contributed by atoms with van der Waals surface area (Å²) in [6, 6.07) is 8.13. The van der Waals surface area contributed by atoms with Crippen molar-refractivity contribution in [1.29, 1.82) is 0 Å². The van der Waals surface area contributed by atoms with Crippen molar-refractivity contribution in [3.8, 4) is 11.6 Å². The number of piperidine rings is 1. The van der Waals surface area contributed by atoms with Crippen LogP contribution in [0.25, 0.3) is 21.7 Å². The number of pyridine rings is 1. The Bertz CT molecular complexity index is 1340. The Kier molecular flexibility index (Phi) is 4.96. The zero-order chi connectivity index (χ0) is 22.4. The molecule has 164 valence electrons. The highest BCUT2D eigenvalue weighted by Gasteiger charge is 2.27. The highest BCUT2D eigenvalue weighted by Crippen LogP contribution is 2.42. The molecule has 0 spiro atoms. The number of rotatable bonds is 3. The number of phenolic OH excluding ortho intramolecular Hbond substituents is 1. The normalized spacial score (nSPS) is 14.4. The van der Waals surface area contributed by atoms with Crippen molar-refractivity contribution in [1.82, 2.24) is 14.5 Å². The summed E-state index contributed by atoms with van der Waals surface area (Å²) in [6.07, 6.45) is 6.85. The minimum absolute atomic E-state index is 0.107. The van der Waals surface area contributed by atoms with Gasteiger partial charge in [-0.05, 0) is 55.0 Å². The Labute approximate surface area is 184 Å². The van der Waals surface area contributed by atoms with Crippen LogP contribution in [-0.2, 0) is 13.5 Å². The third-order valence-corrected chi connectivity index (χ3v) is 6.27. The zero-order valence-electron chi connectivity index (χ0n) is 17.8.